The van der Waals surface area contributed by atoms with Crippen LogP contribution < -0.4 is 0 Å². The molecule has 0 radical (unpaired) electrons. The van der Waals surface area contributed by atoms with Gasteiger partial charge in [0.15, 0.2) is 0 Å². The minimum absolute atomic E-state index is 0.307. The van der Waals surface area contributed by atoms with Crippen molar-refractivity contribution >= 4 is 11.9 Å². The number of carbonyl (C=O) groups is 2. The third-order valence-electron chi connectivity index (χ3n) is 2.52. The van der Waals surface area contributed by atoms with Crippen molar-refractivity contribution in [2.45, 2.75) is 33.6 Å². The summed E-state index contributed by atoms with van der Waals surface area (Å²) in [7, 11) is 0. The van der Waals surface area contributed by atoms with Gasteiger partial charge >= 0.3 is 11.9 Å². The molecule has 0 saturated carbocycles. The second-order valence-corrected chi connectivity index (χ2v) is 3.83. The van der Waals surface area contributed by atoms with E-state index in [9.17, 15) is 9.59 Å². The Balaban J connectivity index is 2.95. The fourth-order valence-electron chi connectivity index (χ4n) is 1.70. The molecule has 4 heteroatoms. The quantitative estimate of drug-likeness (QED) is 0.556. The molecule has 1 rings (SSSR count). The molecule has 1 aliphatic rings. The first kappa shape index (κ1) is 13.5. The summed E-state index contributed by atoms with van der Waals surface area (Å²) >= 11 is 0. The van der Waals surface area contributed by atoms with Gasteiger partial charge in [0.2, 0.25) is 0 Å². The number of rotatable bonds is 4. The summed E-state index contributed by atoms with van der Waals surface area (Å²) in [5, 5.41) is 0. The smallest absolute Gasteiger partial charge is 0.334 e. The fourth-order valence-corrected chi connectivity index (χ4v) is 1.70. The van der Waals surface area contributed by atoms with Gasteiger partial charge < -0.3 is 9.47 Å². The Kier molecular flexibility index (Phi) is 4.94. The maximum absolute atomic E-state index is 11.7. The number of hydrogen-bond donors (Lipinski definition) is 0. The van der Waals surface area contributed by atoms with Gasteiger partial charge in [-0.25, -0.2) is 9.59 Å². The van der Waals surface area contributed by atoms with E-state index >= 15 is 0 Å². The Morgan fingerprint density at radius 1 is 1.12 bits per heavy atom. The molecule has 17 heavy (non-hydrogen) atoms. The molecule has 0 aromatic heterocycles. The van der Waals surface area contributed by atoms with E-state index in [1.807, 2.05) is 13.0 Å². The zero-order chi connectivity index (χ0) is 12.8. The zero-order valence-electron chi connectivity index (χ0n) is 10.5. The van der Waals surface area contributed by atoms with E-state index in [0.29, 0.717) is 37.2 Å². The standard InChI is InChI=1S/C13H18O4/c1-4-16-12(14)10-7-6-9(3)8-11(10)13(15)17-5-2/h6H,4-5,7-8H2,1-3H3. The molecule has 0 aromatic rings. The molecule has 0 fully saturated rings. The van der Waals surface area contributed by atoms with Crippen molar-refractivity contribution < 1.29 is 19.1 Å². The number of esters is 2. The third kappa shape index (κ3) is 3.44. The van der Waals surface area contributed by atoms with Gasteiger partial charge in [-0.15, -0.1) is 0 Å². The molecule has 0 spiro atoms. The first-order chi connectivity index (χ1) is 8.10. The van der Waals surface area contributed by atoms with Gasteiger partial charge in [-0.3, -0.25) is 0 Å². The molecular weight excluding hydrogens is 220 g/mol. The fraction of sp³-hybridized carbons (Fsp3) is 0.538. The maximum Gasteiger partial charge on any atom is 0.334 e. The summed E-state index contributed by atoms with van der Waals surface area (Å²) in [6, 6.07) is 0. The molecular formula is C13H18O4. The van der Waals surface area contributed by atoms with Crippen molar-refractivity contribution in [3.63, 3.8) is 0 Å². The van der Waals surface area contributed by atoms with Crippen LogP contribution in [0.4, 0.5) is 0 Å². The Hall–Kier alpha value is -1.58. The lowest BCUT2D eigenvalue weighted by Gasteiger charge is -2.17. The van der Waals surface area contributed by atoms with Gasteiger partial charge in [-0.2, -0.15) is 0 Å². The largest absolute Gasteiger partial charge is 0.463 e. The van der Waals surface area contributed by atoms with Crippen LogP contribution in [0, 0.1) is 0 Å². The number of hydrogen-bond acceptors (Lipinski definition) is 4. The minimum Gasteiger partial charge on any atom is -0.463 e. The van der Waals surface area contributed by atoms with Crippen LogP contribution in [0.1, 0.15) is 33.6 Å². The van der Waals surface area contributed by atoms with E-state index in [2.05, 4.69) is 0 Å². The lowest BCUT2D eigenvalue weighted by molar-refractivity contribution is -0.142. The monoisotopic (exact) mass is 238 g/mol. The molecule has 0 saturated heterocycles. The predicted octanol–water partition coefficient (Wildman–Crippen LogP) is 2.15. The summed E-state index contributed by atoms with van der Waals surface area (Å²) < 4.78 is 9.90. The van der Waals surface area contributed by atoms with Crippen LogP contribution in [0.2, 0.25) is 0 Å². The van der Waals surface area contributed by atoms with Gasteiger partial charge in [0.05, 0.1) is 24.4 Å². The van der Waals surface area contributed by atoms with Crippen LogP contribution in [0.3, 0.4) is 0 Å². The lowest BCUT2D eigenvalue weighted by atomic mass is 9.92. The molecule has 0 atom stereocenters. The van der Waals surface area contributed by atoms with E-state index < -0.39 is 11.9 Å². The van der Waals surface area contributed by atoms with Crippen molar-refractivity contribution in [3.8, 4) is 0 Å². The molecule has 94 valence electrons. The van der Waals surface area contributed by atoms with E-state index in [1.54, 1.807) is 13.8 Å². The molecule has 0 bridgehead atoms. The molecule has 0 aliphatic heterocycles. The van der Waals surface area contributed by atoms with Crippen LogP contribution in [-0.4, -0.2) is 25.2 Å². The lowest BCUT2D eigenvalue weighted by Crippen LogP contribution is -2.19. The Labute approximate surface area is 101 Å². The van der Waals surface area contributed by atoms with Crippen LogP contribution >= 0.6 is 0 Å². The van der Waals surface area contributed by atoms with Gasteiger partial charge in [0.1, 0.15) is 0 Å². The van der Waals surface area contributed by atoms with Crippen molar-refractivity contribution in [2.75, 3.05) is 13.2 Å². The highest BCUT2D eigenvalue weighted by Gasteiger charge is 2.25. The van der Waals surface area contributed by atoms with Crippen LogP contribution in [0.25, 0.3) is 0 Å². The average molecular weight is 238 g/mol. The average Bonchev–Trinajstić information content (AvgIpc) is 2.29. The summed E-state index contributed by atoms with van der Waals surface area (Å²) in [4.78, 5) is 23.5. The van der Waals surface area contributed by atoms with Gasteiger partial charge in [-0.05, 0) is 27.2 Å². The number of carbonyl (C=O) groups excluding carboxylic acids is 2. The van der Waals surface area contributed by atoms with Crippen molar-refractivity contribution in [3.05, 3.63) is 22.8 Å². The summed E-state index contributed by atoms with van der Waals surface area (Å²) in [6.07, 6.45) is 2.85. The number of allylic oxidation sites excluding steroid dienone is 2. The Bertz CT molecular complexity index is 377. The molecule has 0 amide bonds. The topological polar surface area (TPSA) is 52.6 Å². The predicted molar refractivity (Wildman–Crippen MR) is 63.3 cm³/mol. The number of ether oxygens (including phenoxy) is 2. The second kappa shape index (κ2) is 6.23. The third-order valence-corrected chi connectivity index (χ3v) is 2.52. The maximum atomic E-state index is 11.7. The highest BCUT2D eigenvalue weighted by atomic mass is 16.5. The molecule has 0 N–H and O–H groups in total. The SMILES string of the molecule is CCOC(=O)C1=C(C(=O)OCC)CC(C)=CC1. The molecule has 0 heterocycles. The van der Waals surface area contributed by atoms with Gasteiger partial charge in [0.25, 0.3) is 0 Å². The second-order valence-electron chi connectivity index (χ2n) is 3.83. The van der Waals surface area contributed by atoms with E-state index in [-0.39, 0.29) is 0 Å². The normalized spacial score (nSPS) is 15.4. The highest BCUT2D eigenvalue weighted by molar-refractivity contribution is 6.01. The van der Waals surface area contributed by atoms with Gasteiger partial charge in [-0.1, -0.05) is 11.6 Å². The van der Waals surface area contributed by atoms with E-state index in [4.69, 9.17) is 9.47 Å². The summed E-state index contributed by atoms with van der Waals surface area (Å²) in [5.41, 5.74) is 1.93. The van der Waals surface area contributed by atoms with Crippen molar-refractivity contribution in [1.82, 2.24) is 0 Å². The van der Waals surface area contributed by atoms with Crippen molar-refractivity contribution in [2.24, 2.45) is 0 Å². The molecule has 0 unspecified atom stereocenters. The van der Waals surface area contributed by atoms with E-state index in [1.165, 1.54) is 0 Å². The van der Waals surface area contributed by atoms with Crippen LogP contribution in [-0.2, 0) is 19.1 Å². The minimum atomic E-state index is -0.417. The Morgan fingerprint density at radius 3 is 2.18 bits per heavy atom. The van der Waals surface area contributed by atoms with Crippen LogP contribution in [0.5, 0.6) is 0 Å². The molecule has 0 aromatic carbocycles. The molecule has 4 nitrogen and oxygen atoms in total. The summed E-state index contributed by atoms with van der Waals surface area (Å²) in [6.45, 7) is 6.03. The first-order valence-electron chi connectivity index (χ1n) is 5.82. The molecule has 1 aliphatic carbocycles. The highest BCUT2D eigenvalue weighted by Crippen LogP contribution is 2.26. The first-order valence-corrected chi connectivity index (χ1v) is 5.82. The van der Waals surface area contributed by atoms with E-state index in [0.717, 1.165) is 5.57 Å². The van der Waals surface area contributed by atoms with Crippen molar-refractivity contribution in [1.29, 1.82) is 0 Å². The zero-order valence-corrected chi connectivity index (χ0v) is 10.5. The van der Waals surface area contributed by atoms with Gasteiger partial charge in [0, 0.05) is 6.42 Å². The Morgan fingerprint density at radius 2 is 1.65 bits per heavy atom. The van der Waals surface area contributed by atoms with Crippen LogP contribution in [0.15, 0.2) is 22.8 Å². The summed E-state index contributed by atoms with van der Waals surface area (Å²) in [5.74, 6) is -0.831.